The molecule has 0 atom stereocenters. The van der Waals surface area contributed by atoms with Gasteiger partial charge < -0.3 is 21.7 Å². The fraction of sp³-hybridized carbons (Fsp3) is 0.870. The zero-order valence-electron chi connectivity index (χ0n) is 19.0. The van der Waals surface area contributed by atoms with Crippen LogP contribution in [0.4, 0.5) is 0 Å². The first-order chi connectivity index (χ1) is 13.1. The third-order valence-electron chi connectivity index (χ3n) is 5.15. The summed E-state index contributed by atoms with van der Waals surface area (Å²) in [5.41, 5.74) is 0.146. The van der Waals surface area contributed by atoms with Gasteiger partial charge in [-0.3, -0.25) is 4.79 Å². The van der Waals surface area contributed by atoms with Crippen molar-refractivity contribution in [1.29, 1.82) is 0 Å². The molecule has 0 aliphatic carbocycles. The van der Waals surface area contributed by atoms with E-state index in [0.717, 1.165) is 19.3 Å². The molecule has 1 amide bonds. The summed E-state index contributed by atoms with van der Waals surface area (Å²) in [7, 11) is 0. The highest BCUT2D eigenvalue weighted by Gasteiger charge is 2.04. The number of rotatable bonds is 19. The molecule has 0 saturated carbocycles. The van der Waals surface area contributed by atoms with E-state index in [-0.39, 0.29) is 17.8 Å². The number of hydrogen-bond donors (Lipinski definition) is 3. The number of unbranched alkanes of at least 4 members (excludes halogenated alkanes) is 15. The maximum atomic E-state index is 11.3. The van der Waals surface area contributed by atoms with Crippen LogP contribution in [0.2, 0.25) is 0 Å². The van der Waals surface area contributed by atoms with Crippen LogP contribution in [0.5, 0.6) is 0 Å². The van der Waals surface area contributed by atoms with E-state index in [1.54, 1.807) is 6.92 Å². The van der Waals surface area contributed by atoms with Crippen molar-refractivity contribution >= 4 is 5.91 Å². The number of nitrogens with one attached hydrogen (secondary N) is 1. The van der Waals surface area contributed by atoms with Gasteiger partial charge in [-0.05, 0) is 12.8 Å². The monoisotopic (exact) mass is 400 g/mol. The first kappa shape index (κ1) is 29.0. The Morgan fingerprint density at radius 2 is 1.07 bits per heavy atom. The number of carbonyl (C=O) groups excluding carboxylic acids is 1. The largest absolute Gasteiger partial charge is 0.628 e. The highest BCUT2D eigenvalue weighted by Crippen LogP contribution is 2.15. The maximum absolute atomic E-state index is 11.3. The minimum absolute atomic E-state index is 0. The van der Waals surface area contributed by atoms with Crippen LogP contribution in [0.25, 0.3) is 0 Å². The molecular weight excluding hydrogens is 352 g/mol. The van der Waals surface area contributed by atoms with Crippen molar-refractivity contribution in [3.05, 3.63) is 11.6 Å². The molecule has 168 valence electrons. The normalized spacial score (nSPS) is 11.6. The predicted octanol–water partition coefficient (Wildman–Crippen LogP) is 6.63. The van der Waals surface area contributed by atoms with E-state index in [2.05, 4.69) is 12.2 Å². The number of amides is 1. The van der Waals surface area contributed by atoms with Crippen molar-refractivity contribution in [2.45, 2.75) is 129 Å². The number of quaternary nitrogens is 1. The van der Waals surface area contributed by atoms with Crippen molar-refractivity contribution in [2.75, 3.05) is 0 Å². The minimum Gasteiger partial charge on any atom is -0.628 e. The molecule has 0 aliphatic heterocycles. The van der Waals surface area contributed by atoms with Crippen LogP contribution in [0.1, 0.15) is 129 Å². The predicted molar refractivity (Wildman–Crippen MR) is 118 cm³/mol. The van der Waals surface area contributed by atoms with Gasteiger partial charge in [0.25, 0.3) is 0 Å². The van der Waals surface area contributed by atoms with Crippen molar-refractivity contribution in [2.24, 2.45) is 0 Å². The minimum atomic E-state index is -1.00. The summed E-state index contributed by atoms with van der Waals surface area (Å²) in [6.07, 6.45) is 21.6. The van der Waals surface area contributed by atoms with E-state index in [1.165, 1.54) is 83.5 Å². The standard InChI is InChI=1S/C23H45NO3.H3N/c1-3-5-6-7-8-9-10-11-12-13-14-15-16-17-18-19-20-21(23(26)27)24-22(25)4-2;/h26-27H,3-20H2,1-2H3,(H,24,25);1H3. The lowest BCUT2D eigenvalue weighted by molar-refractivity contribution is -0.351. The third kappa shape index (κ3) is 19.5. The topological polar surface area (TPSA) is 109 Å². The SMILES string of the molecule is CCCCCCCCCCCCCCCCCC/C(NC(=O)CC)=C(\[O-])O.[NH4+]. The first-order valence-corrected chi connectivity index (χ1v) is 11.5. The molecule has 5 nitrogen and oxygen atoms in total. The second-order valence-electron chi connectivity index (χ2n) is 7.74. The van der Waals surface area contributed by atoms with E-state index in [1.807, 2.05) is 0 Å². The van der Waals surface area contributed by atoms with Crippen molar-refractivity contribution < 1.29 is 15.0 Å². The highest BCUT2D eigenvalue weighted by atomic mass is 16.5. The fourth-order valence-corrected chi connectivity index (χ4v) is 3.33. The van der Waals surface area contributed by atoms with Gasteiger partial charge in [0, 0.05) is 12.1 Å². The zero-order chi connectivity index (χ0) is 20.2. The summed E-state index contributed by atoms with van der Waals surface area (Å²) >= 11 is 0. The summed E-state index contributed by atoms with van der Waals surface area (Å²) in [5.74, 6) is -1.22. The van der Waals surface area contributed by atoms with E-state index >= 15 is 0 Å². The van der Waals surface area contributed by atoms with Crippen LogP contribution in [-0.2, 0) is 4.79 Å². The Balaban J connectivity index is 0. The van der Waals surface area contributed by atoms with Crippen LogP contribution in [0.15, 0.2) is 11.6 Å². The second kappa shape index (κ2) is 22.1. The number of aliphatic hydroxyl groups is 1. The van der Waals surface area contributed by atoms with Crippen molar-refractivity contribution in [3.63, 3.8) is 0 Å². The number of aliphatic hydroxyl groups excluding tert-OH is 1. The Morgan fingerprint density at radius 1 is 0.714 bits per heavy atom. The van der Waals surface area contributed by atoms with Crippen LogP contribution in [-0.4, -0.2) is 11.0 Å². The summed E-state index contributed by atoms with van der Waals surface area (Å²) in [6.45, 7) is 3.99. The second-order valence-corrected chi connectivity index (χ2v) is 7.74. The van der Waals surface area contributed by atoms with Gasteiger partial charge in [-0.2, -0.15) is 0 Å². The fourth-order valence-electron chi connectivity index (χ4n) is 3.33. The van der Waals surface area contributed by atoms with Gasteiger partial charge in [0.15, 0.2) is 0 Å². The van der Waals surface area contributed by atoms with E-state index in [9.17, 15) is 9.90 Å². The first-order valence-electron chi connectivity index (χ1n) is 11.5. The molecule has 0 radical (unpaired) electrons. The molecule has 0 aliphatic rings. The smallest absolute Gasteiger partial charge is 0.223 e. The molecule has 0 aromatic heterocycles. The average Bonchev–Trinajstić information content (AvgIpc) is 2.66. The Hall–Kier alpha value is -1.23. The molecular formula is C23H48N2O3. The lowest BCUT2D eigenvalue weighted by Crippen LogP contribution is -2.25. The summed E-state index contributed by atoms with van der Waals surface area (Å²) in [4.78, 5) is 11.3. The molecule has 0 heterocycles. The maximum Gasteiger partial charge on any atom is 0.223 e. The average molecular weight is 401 g/mol. The van der Waals surface area contributed by atoms with Crippen LogP contribution < -0.4 is 16.6 Å². The van der Waals surface area contributed by atoms with Gasteiger partial charge in [0.2, 0.25) is 5.91 Å². The summed E-state index contributed by atoms with van der Waals surface area (Å²) < 4.78 is 0. The van der Waals surface area contributed by atoms with Gasteiger partial charge >= 0.3 is 0 Å². The van der Waals surface area contributed by atoms with Crippen molar-refractivity contribution in [3.8, 4) is 0 Å². The molecule has 0 unspecified atom stereocenters. The molecule has 0 bridgehead atoms. The number of allylic oxidation sites excluding steroid dienone is 1. The summed E-state index contributed by atoms with van der Waals surface area (Å²) in [6, 6.07) is 0. The van der Waals surface area contributed by atoms with Gasteiger partial charge in [0.1, 0.15) is 0 Å². The highest BCUT2D eigenvalue weighted by molar-refractivity contribution is 5.77. The Bertz CT molecular complexity index is 380. The lowest BCUT2D eigenvalue weighted by Gasteiger charge is -2.13. The molecule has 0 saturated heterocycles. The molecule has 0 aromatic rings. The van der Waals surface area contributed by atoms with E-state index in [4.69, 9.17) is 5.11 Å². The van der Waals surface area contributed by atoms with E-state index in [0.29, 0.717) is 12.8 Å². The number of carbonyl (C=O) groups is 1. The molecule has 6 N–H and O–H groups in total. The third-order valence-corrected chi connectivity index (χ3v) is 5.15. The molecule has 0 aromatic carbocycles. The Morgan fingerprint density at radius 3 is 1.39 bits per heavy atom. The van der Waals surface area contributed by atoms with Crippen LogP contribution in [0.3, 0.4) is 0 Å². The Kier molecular flexibility index (Phi) is 22.8. The molecule has 0 fully saturated rings. The molecule has 0 rings (SSSR count). The van der Waals surface area contributed by atoms with E-state index < -0.39 is 5.95 Å². The Labute approximate surface area is 174 Å². The van der Waals surface area contributed by atoms with Crippen molar-refractivity contribution in [1.82, 2.24) is 11.5 Å². The van der Waals surface area contributed by atoms with Gasteiger partial charge in [0.05, 0.1) is 5.95 Å². The lowest BCUT2D eigenvalue weighted by atomic mass is 10.0. The molecule has 5 heteroatoms. The van der Waals surface area contributed by atoms with Crippen LogP contribution in [0, 0.1) is 0 Å². The zero-order valence-corrected chi connectivity index (χ0v) is 19.0. The molecule has 0 spiro atoms. The molecule has 28 heavy (non-hydrogen) atoms. The van der Waals surface area contributed by atoms with Gasteiger partial charge in [-0.25, -0.2) is 0 Å². The summed E-state index contributed by atoms with van der Waals surface area (Å²) in [5, 5.41) is 22.7. The van der Waals surface area contributed by atoms with Gasteiger partial charge in [-0.15, -0.1) is 0 Å². The quantitative estimate of drug-likeness (QED) is 0.167. The number of hydrogen-bond acceptors (Lipinski definition) is 3. The van der Waals surface area contributed by atoms with Crippen LogP contribution >= 0.6 is 0 Å². The van der Waals surface area contributed by atoms with Gasteiger partial charge in [-0.1, -0.05) is 110 Å².